The smallest absolute Gasteiger partial charge is 0.275 e. The number of nitro groups is 1. The van der Waals surface area contributed by atoms with Crippen LogP contribution in [0.25, 0.3) is 10.9 Å². The molecule has 8 heteroatoms. The predicted molar refractivity (Wildman–Crippen MR) is 96.8 cm³/mol. The zero-order chi connectivity index (χ0) is 18.0. The molecule has 0 fully saturated rings. The summed E-state index contributed by atoms with van der Waals surface area (Å²) < 4.78 is 0. The van der Waals surface area contributed by atoms with Crippen molar-refractivity contribution in [3.63, 3.8) is 0 Å². The molecule has 0 spiro atoms. The normalized spacial score (nSPS) is 10.8. The lowest BCUT2D eigenvalue weighted by molar-refractivity contribution is -0.384. The summed E-state index contributed by atoms with van der Waals surface area (Å²) in [5.74, 6) is -0.291. The van der Waals surface area contributed by atoms with E-state index < -0.39 is 4.92 Å². The van der Waals surface area contributed by atoms with E-state index in [-0.39, 0.29) is 17.3 Å². The molecule has 128 valence electrons. The van der Waals surface area contributed by atoms with Crippen LogP contribution in [-0.2, 0) is 6.54 Å². The number of nitrogens with one attached hydrogen (secondary N) is 1. The number of carbonyl (C=O) groups is 1. The van der Waals surface area contributed by atoms with Crippen molar-refractivity contribution in [1.29, 1.82) is 0 Å². The van der Waals surface area contributed by atoms with Crippen LogP contribution in [0.2, 0.25) is 0 Å². The average molecular weight is 356 g/mol. The molecule has 0 aliphatic carbocycles. The van der Waals surface area contributed by atoms with Crippen LogP contribution in [0.5, 0.6) is 0 Å². The molecule has 1 heterocycles. The molecule has 0 unspecified atom stereocenters. The predicted octanol–water partition coefficient (Wildman–Crippen LogP) is 3.47. The summed E-state index contributed by atoms with van der Waals surface area (Å²) in [5, 5.41) is 18.2. The Balaban J connectivity index is 1.85. The summed E-state index contributed by atoms with van der Waals surface area (Å²) in [6, 6.07) is 12.3. The van der Waals surface area contributed by atoms with Gasteiger partial charge in [0.15, 0.2) is 5.69 Å². The molecule has 7 nitrogen and oxygen atoms in total. The summed E-state index contributed by atoms with van der Waals surface area (Å²) in [5.41, 5.74) is 1.70. The number of fused-ring (bicyclic) bond motifs is 1. The topological polar surface area (TPSA) is 92.1 Å². The second-order valence-corrected chi connectivity index (χ2v) is 6.45. The number of rotatable bonds is 5. The summed E-state index contributed by atoms with van der Waals surface area (Å²) in [6.45, 7) is 0.427. The zero-order valence-corrected chi connectivity index (χ0v) is 14.5. The SMILES string of the molecule is CSc1ccc(CN(C)C(=O)c2n[nH]c3ccc([N+](=O)[O-])cc23)cc1. The van der Waals surface area contributed by atoms with Crippen LogP contribution >= 0.6 is 11.8 Å². The number of hydrogen-bond acceptors (Lipinski definition) is 5. The van der Waals surface area contributed by atoms with E-state index in [4.69, 9.17) is 0 Å². The van der Waals surface area contributed by atoms with Crippen molar-refractivity contribution in [2.24, 2.45) is 0 Å². The molecule has 0 saturated heterocycles. The Morgan fingerprint density at radius 3 is 2.64 bits per heavy atom. The second-order valence-electron chi connectivity index (χ2n) is 5.57. The molecular formula is C17H16N4O3S. The Bertz CT molecular complexity index is 937. The minimum Gasteiger partial charge on any atom is -0.336 e. The quantitative estimate of drug-likeness (QED) is 0.429. The number of H-pyrrole nitrogens is 1. The van der Waals surface area contributed by atoms with Crippen LogP contribution < -0.4 is 0 Å². The van der Waals surface area contributed by atoms with Crippen molar-refractivity contribution >= 4 is 34.3 Å². The van der Waals surface area contributed by atoms with Gasteiger partial charge in [0.25, 0.3) is 11.6 Å². The Labute approximate surface area is 148 Å². The number of aromatic amines is 1. The molecule has 1 amide bonds. The van der Waals surface area contributed by atoms with Crippen LogP contribution in [-0.4, -0.2) is 39.2 Å². The molecule has 0 aliphatic rings. The maximum absolute atomic E-state index is 12.7. The fourth-order valence-electron chi connectivity index (χ4n) is 2.54. The summed E-state index contributed by atoms with van der Waals surface area (Å²) in [6.07, 6.45) is 2.01. The fraction of sp³-hybridized carbons (Fsp3) is 0.176. The third-order valence-corrected chi connectivity index (χ3v) is 4.63. The molecule has 0 atom stereocenters. The van der Waals surface area contributed by atoms with Crippen LogP contribution in [0.1, 0.15) is 16.1 Å². The van der Waals surface area contributed by atoms with Gasteiger partial charge in [0.1, 0.15) is 0 Å². The highest BCUT2D eigenvalue weighted by atomic mass is 32.2. The van der Waals surface area contributed by atoms with Crippen molar-refractivity contribution < 1.29 is 9.72 Å². The maximum atomic E-state index is 12.7. The van der Waals surface area contributed by atoms with Gasteiger partial charge in [0.05, 0.1) is 10.4 Å². The van der Waals surface area contributed by atoms with E-state index in [0.717, 1.165) is 10.5 Å². The zero-order valence-electron chi connectivity index (χ0n) is 13.7. The van der Waals surface area contributed by atoms with Crippen molar-refractivity contribution in [2.75, 3.05) is 13.3 Å². The molecule has 3 rings (SSSR count). The lowest BCUT2D eigenvalue weighted by Crippen LogP contribution is -2.26. The standard InChI is InChI=1S/C17H16N4O3S/c1-20(10-11-3-6-13(25-2)7-4-11)17(22)16-14-9-12(21(23)24)5-8-15(14)18-19-16/h3-9H,10H2,1-2H3,(H,18,19). The largest absolute Gasteiger partial charge is 0.336 e. The van der Waals surface area contributed by atoms with Gasteiger partial charge in [-0.2, -0.15) is 5.10 Å². The van der Waals surface area contributed by atoms with Crippen molar-refractivity contribution in [1.82, 2.24) is 15.1 Å². The van der Waals surface area contributed by atoms with Crippen LogP contribution in [0.15, 0.2) is 47.4 Å². The molecule has 1 N–H and O–H groups in total. The molecule has 25 heavy (non-hydrogen) atoms. The van der Waals surface area contributed by atoms with Gasteiger partial charge >= 0.3 is 0 Å². The van der Waals surface area contributed by atoms with Gasteiger partial charge in [-0.05, 0) is 30.0 Å². The third kappa shape index (κ3) is 3.48. The van der Waals surface area contributed by atoms with E-state index in [0.29, 0.717) is 17.4 Å². The number of carbonyl (C=O) groups excluding carboxylic acids is 1. The third-order valence-electron chi connectivity index (χ3n) is 3.89. The second kappa shape index (κ2) is 6.94. The fourth-order valence-corrected chi connectivity index (χ4v) is 2.94. The first-order chi connectivity index (χ1) is 12.0. The minimum absolute atomic E-state index is 0.0711. The van der Waals surface area contributed by atoms with Gasteiger partial charge in [0, 0.05) is 36.0 Å². The maximum Gasteiger partial charge on any atom is 0.275 e. The number of nitro benzene ring substituents is 1. The molecule has 0 aliphatic heterocycles. The Hall–Kier alpha value is -2.87. The van der Waals surface area contributed by atoms with E-state index >= 15 is 0 Å². The highest BCUT2D eigenvalue weighted by molar-refractivity contribution is 7.98. The molecule has 0 saturated carbocycles. The first-order valence-electron chi connectivity index (χ1n) is 7.50. The van der Waals surface area contributed by atoms with Crippen LogP contribution in [0, 0.1) is 10.1 Å². The number of amides is 1. The van der Waals surface area contributed by atoms with Gasteiger partial charge in [-0.25, -0.2) is 0 Å². The van der Waals surface area contributed by atoms with E-state index in [1.165, 1.54) is 12.1 Å². The summed E-state index contributed by atoms with van der Waals surface area (Å²) >= 11 is 1.66. The molecule has 0 radical (unpaired) electrons. The van der Waals surface area contributed by atoms with Gasteiger partial charge in [-0.3, -0.25) is 20.0 Å². The summed E-state index contributed by atoms with van der Waals surface area (Å²) in [7, 11) is 1.68. The van der Waals surface area contributed by atoms with Crippen LogP contribution in [0.3, 0.4) is 0 Å². The van der Waals surface area contributed by atoms with E-state index in [9.17, 15) is 14.9 Å². The minimum atomic E-state index is -0.488. The lowest BCUT2D eigenvalue weighted by Gasteiger charge is -2.16. The number of thioether (sulfide) groups is 1. The number of hydrogen-bond donors (Lipinski definition) is 1. The number of nitrogens with zero attached hydrogens (tertiary/aromatic N) is 3. The lowest BCUT2D eigenvalue weighted by atomic mass is 10.1. The van der Waals surface area contributed by atoms with Crippen molar-refractivity contribution in [3.05, 3.63) is 63.8 Å². The highest BCUT2D eigenvalue weighted by Gasteiger charge is 2.20. The van der Waals surface area contributed by atoms with Crippen LogP contribution in [0.4, 0.5) is 5.69 Å². The van der Waals surface area contributed by atoms with E-state index in [1.54, 1.807) is 29.8 Å². The van der Waals surface area contributed by atoms with E-state index in [2.05, 4.69) is 10.2 Å². The average Bonchev–Trinajstić information content (AvgIpc) is 3.04. The number of aromatic nitrogens is 2. The molecule has 3 aromatic rings. The van der Waals surface area contributed by atoms with Gasteiger partial charge in [0.2, 0.25) is 0 Å². The van der Waals surface area contributed by atoms with Gasteiger partial charge in [-0.15, -0.1) is 11.8 Å². The molecular weight excluding hydrogens is 340 g/mol. The molecule has 0 bridgehead atoms. The van der Waals surface area contributed by atoms with Gasteiger partial charge < -0.3 is 4.90 Å². The number of non-ortho nitro benzene ring substituents is 1. The van der Waals surface area contributed by atoms with Gasteiger partial charge in [-0.1, -0.05) is 12.1 Å². The number of benzene rings is 2. The first kappa shape index (κ1) is 17.0. The Morgan fingerprint density at radius 1 is 1.28 bits per heavy atom. The highest BCUT2D eigenvalue weighted by Crippen LogP contribution is 2.23. The molecule has 2 aromatic carbocycles. The van der Waals surface area contributed by atoms with Crippen molar-refractivity contribution in [3.8, 4) is 0 Å². The van der Waals surface area contributed by atoms with Crippen molar-refractivity contribution in [2.45, 2.75) is 11.4 Å². The molecule has 1 aromatic heterocycles. The Morgan fingerprint density at radius 2 is 2.00 bits per heavy atom. The first-order valence-corrected chi connectivity index (χ1v) is 8.73. The summed E-state index contributed by atoms with van der Waals surface area (Å²) in [4.78, 5) is 25.9. The van der Waals surface area contributed by atoms with E-state index in [1.807, 2.05) is 30.5 Å². The monoisotopic (exact) mass is 356 g/mol. The Kier molecular flexibility index (Phi) is 4.71.